The Balaban J connectivity index is 0.00000133. The monoisotopic (exact) mass is 280 g/mol. The van der Waals surface area contributed by atoms with Gasteiger partial charge in [-0.2, -0.15) is 0 Å². The van der Waals surface area contributed by atoms with E-state index in [2.05, 4.69) is 36.2 Å². The third kappa shape index (κ3) is 2.64. The summed E-state index contributed by atoms with van der Waals surface area (Å²) in [6.45, 7) is 3.81. The first kappa shape index (κ1) is 14.4. The van der Waals surface area contributed by atoms with Crippen molar-refractivity contribution in [2.24, 2.45) is 11.7 Å². The highest BCUT2D eigenvalue weighted by molar-refractivity contribution is 5.85. The lowest BCUT2D eigenvalue weighted by Crippen LogP contribution is -2.27. The molecule has 2 aromatic rings. The molecule has 0 spiro atoms. The van der Waals surface area contributed by atoms with E-state index in [9.17, 15) is 0 Å². The summed E-state index contributed by atoms with van der Waals surface area (Å²) in [4.78, 5) is 3.44. The van der Waals surface area contributed by atoms with Crippen LogP contribution in [0.25, 0.3) is 10.9 Å². The minimum atomic E-state index is 0. The van der Waals surface area contributed by atoms with E-state index in [1.165, 1.54) is 22.2 Å². The molecule has 104 valence electrons. The van der Waals surface area contributed by atoms with E-state index in [0.717, 1.165) is 26.1 Å². The summed E-state index contributed by atoms with van der Waals surface area (Å²) < 4.78 is 5.42. The van der Waals surface area contributed by atoms with Gasteiger partial charge >= 0.3 is 0 Å². The average molecular weight is 281 g/mol. The zero-order valence-electron chi connectivity index (χ0n) is 11.2. The summed E-state index contributed by atoms with van der Waals surface area (Å²) in [5.41, 5.74) is 10.2. The Labute approximate surface area is 119 Å². The Hall–Kier alpha value is -1.03. The van der Waals surface area contributed by atoms with Gasteiger partial charge in [-0.1, -0.05) is 18.2 Å². The molecule has 1 aromatic carbocycles. The number of nitrogens with two attached hydrogens (primary N) is 1. The van der Waals surface area contributed by atoms with Crippen molar-refractivity contribution in [3.05, 3.63) is 35.5 Å². The first-order chi connectivity index (χ1) is 8.77. The van der Waals surface area contributed by atoms with Crippen LogP contribution < -0.4 is 5.73 Å². The van der Waals surface area contributed by atoms with Crippen LogP contribution in [0.4, 0.5) is 0 Å². The average Bonchev–Trinajstić information content (AvgIpc) is 2.75. The number of nitrogens with one attached hydrogen (secondary N) is 1. The molecule has 0 bridgehead atoms. The Kier molecular flexibility index (Phi) is 4.50. The molecule has 1 aliphatic heterocycles. The summed E-state index contributed by atoms with van der Waals surface area (Å²) in [6.07, 6.45) is 2.14. The van der Waals surface area contributed by atoms with Crippen molar-refractivity contribution in [3.8, 4) is 0 Å². The van der Waals surface area contributed by atoms with Gasteiger partial charge in [0.15, 0.2) is 0 Å². The molecular formula is C15H21ClN2O. The lowest BCUT2D eigenvalue weighted by Gasteiger charge is -2.28. The molecule has 0 unspecified atom stereocenters. The lowest BCUT2D eigenvalue weighted by molar-refractivity contribution is 0.0584. The minimum absolute atomic E-state index is 0. The van der Waals surface area contributed by atoms with Crippen molar-refractivity contribution in [2.45, 2.75) is 25.8 Å². The van der Waals surface area contributed by atoms with Gasteiger partial charge in [-0.05, 0) is 37.3 Å². The Morgan fingerprint density at radius 2 is 1.95 bits per heavy atom. The second-order valence-corrected chi connectivity index (χ2v) is 5.18. The normalized spacial score (nSPS) is 18.2. The second-order valence-electron chi connectivity index (χ2n) is 5.18. The molecule has 3 rings (SSSR count). The van der Waals surface area contributed by atoms with E-state index in [-0.39, 0.29) is 18.4 Å². The smallest absolute Gasteiger partial charge is 0.0469 e. The Morgan fingerprint density at radius 3 is 2.68 bits per heavy atom. The molecule has 2 heterocycles. The van der Waals surface area contributed by atoms with Crippen molar-refractivity contribution in [1.82, 2.24) is 4.98 Å². The third-order valence-corrected chi connectivity index (χ3v) is 4.05. The largest absolute Gasteiger partial charge is 0.381 e. The Morgan fingerprint density at radius 1 is 1.26 bits per heavy atom. The molecule has 1 aromatic heterocycles. The maximum atomic E-state index is 6.51. The number of benzene rings is 1. The summed E-state index contributed by atoms with van der Waals surface area (Å²) in [5, 5.41) is 1.27. The molecular weight excluding hydrogens is 260 g/mol. The van der Waals surface area contributed by atoms with E-state index >= 15 is 0 Å². The number of hydrogen-bond donors (Lipinski definition) is 2. The van der Waals surface area contributed by atoms with E-state index in [4.69, 9.17) is 10.5 Å². The van der Waals surface area contributed by atoms with E-state index < -0.39 is 0 Å². The summed E-state index contributed by atoms with van der Waals surface area (Å²) in [6, 6.07) is 8.53. The molecule has 19 heavy (non-hydrogen) atoms. The molecule has 0 saturated carbocycles. The zero-order valence-corrected chi connectivity index (χ0v) is 12.0. The van der Waals surface area contributed by atoms with Crippen molar-refractivity contribution < 1.29 is 4.74 Å². The van der Waals surface area contributed by atoms with Crippen LogP contribution in [0.2, 0.25) is 0 Å². The van der Waals surface area contributed by atoms with Crippen LogP contribution in [0.3, 0.4) is 0 Å². The first-order valence-electron chi connectivity index (χ1n) is 6.68. The molecule has 0 aliphatic carbocycles. The number of halogens is 1. The molecule has 1 saturated heterocycles. The van der Waals surface area contributed by atoms with Crippen LogP contribution in [0.5, 0.6) is 0 Å². The number of aromatic nitrogens is 1. The van der Waals surface area contributed by atoms with Crippen molar-refractivity contribution in [2.75, 3.05) is 13.2 Å². The van der Waals surface area contributed by atoms with Crippen LogP contribution >= 0.6 is 12.4 Å². The summed E-state index contributed by atoms with van der Waals surface area (Å²) in [7, 11) is 0. The topological polar surface area (TPSA) is 51.0 Å². The Bertz CT molecular complexity index is 546. The van der Waals surface area contributed by atoms with Gasteiger partial charge < -0.3 is 15.5 Å². The quantitative estimate of drug-likeness (QED) is 0.887. The molecule has 0 amide bonds. The van der Waals surface area contributed by atoms with E-state index in [1.807, 2.05) is 0 Å². The lowest BCUT2D eigenvalue weighted by atomic mass is 9.86. The highest BCUT2D eigenvalue weighted by Crippen LogP contribution is 2.34. The van der Waals surface area contributed by atoms with Gasteiger partial charge in [-0.15, -0.1) is 12.4 Å². The standard InChI is InChI=1S/C15H20N2O.ClH/c1-10-14(12-4-2-3-5-13(12)17-10)15(16)11-6-8-18-9-7-11;/h2-5,11,15,17H,6-9,16H2,1H3;1H/t15-;/m0./s1. The number of aryl methyl sites for hydroxylation is 1. The van der Waals surface area contributed by atoms with Crippen LogP contribution in [-0.2, 0) is 4.74 Å². The number of fused-ring (bicyclic) bond motifs is 1. The molecule has 1 atom stereocenters. The van der Waals surface area contributed by atoms with Crippen LogP contribution in [-0.4, -0.2) is 18.2 Å². The number of aromatic amines is 1. The fraction of sp³-hybridized carbons (Fsp3) is 0.467. The first-order valence-corrected chi connectivity index (χ1v) is 6.68. The molecule has 0 radical (unpaired) electrons. The van der Waals surface area contributed by atoms with E-state index in [1.54, 1.807) is 0 Å². The van der Waals surface area contributed by atoms with Crippen LogP contribution in [0, 0.1) is 12.8 Å². The minimum Gasteiger partial charge on any atom is -0.381 e. The van der Waals surface area contributed by atoms with Crippen molar-refractivity contribution in [3.63, 3.8) is 0 Å². The van der Waals surface area contributed by atoms with E-state index in [0.29, 0.717) is 5.92 Å². The number of ether oxygens (including phenoxy) is 1. The predicted molar refractivity (Wildman–Crippen MR) is 80.8 cm³/mol. The fourth-order valence-electron chi connectivity index (χ4n) is 3.04. The third-order valence-electron chi connectivity index (χ3n) is 4.05. The van der Waals surface area contributed by atoms with Gasteiger partial charge in [-0.3, -0.25) is 0 Å². The predicted octanol–water partition coefficient (Wildman–Crippen LogP) is 3.32. The number of rotatable bonds is 2. The van der Waals surface area contributed by atoms with Crippen LogP contribution in [0.1, 0.15) is 30.1 Å². The number of para-hydroxylation sites is 1. The van der Waals surface area contributed by atoms with Gasteiger partial charge in [-0.25, -0.2) is 0 Å². The maximum Gasteiger partial charge on any atom is 0.0469 e. The second kappa shape index (κ2) is 5.95. The molecule has 4 heteroatoms. The van der Waals surface area contributed by atoms with Gasteiger partial charge in [0.05, 0.1) is 0 Å². The molecule has 1 aliphatic rings. The van der Waals surface area contributed by atoms with Crippen LogP contribution in [0.15, 0.2) is 24.3 Å². The molecule has 3 nitrogen and oxygen atoms in total. The maximum absolute atomic E-state index is 6.51. The summed E-state index contributed by atoms with van der Waals surface area (Å²) in [5.74, 6) is 0.539. The number of hydrogen-bond acceptors (Lipinski definition) is 2. The molecule has 1 fully saturated rings. The van der Waals surface area contributed by atoms with Gasteiger partial charge in [0.2, 0.25) is 0 Å². The van der Waals surface area contributed by atoms with Gasteiger partial charge in [0.1, 0.15) is 0 Å². The molecule has 3 N–H and O–H groups in total. The summed E-state index contributed by atoms with van der Waals surface area (Å²) >= 11 is 0. The van der Waals surface area contributed by atoms with Gasteiger partial charge in [0.25, 0.3) is 0 Å². The highest BCUT2D eigenvalue weighted by atomic mass is 35.5. The van der Waals surface area contributed by atoms with Gasteiger partial charge in [0, 0.05) is 35.9 Å². The zero-order chi connectivity index (χ0) is 12.5. The highest BCUT2D eigenvalue weighted by Gasteiger charge is 2.25. The SMILES string of the molecule is Cc1[nH]c2ccccc2c1[C@@H](N)C1CCOCC1.Cl. The number of H-pyrrole nitrogens is 1. The fourth-order valence-corrected chi connectivity index (χ4v) is 3.04. The van der Waals surface area contributed by atoms with Crippen molar-refractivity contribution in [1.29, 1.82) is 0 Å². The van der Waals surface area contributed by atoms with Crippen molar-refractivity contribution >= 4 is 23.3 Å².